The van der Waals surface area contributed by atoms with Crippen LogP contribution in [0.1, 0.15) is 36.7 Å². The highest BCUT2D eigenvalue weighted by Crippen LogP contribution is 2.28. The van der Waals surface area contributed by atoms with Gasteiger partial charge < -0.3 is 19.5 Å². The van der Waals surface area contributed by atoms with Crippen molar-refractivity contribution in [2.45, 2.75) is 27.2 Å². The lowest BCUT2D eigenvalue weighted by atomic mass is 10.1. The van der Waals surface area contributed by atoms with E-state index in [1.165, 1.54) is 0 Å². The molecule has 0 radical (unpaired) electrons. The fourth-order valence-corrected chi connectivity index (χ4v) is 2.57. The zero-order valence-electron chi connectivity index (χ0n) is 15.7. The first-order valence-electron chi connectivity index (χ1n) is 9.07. The number of carbonyl (C=O) groups excluding carboxylic acids is 1. The topological polar surface area (TPSA) is 56.8 Å². The van der Waals surface area contributed by atoms with Gasteiger partial charge in [0.2, 0.25) is 0 Å². The van der Waals surface area contributed by atoms with E-state index in [9.17, 15) is 4.79 Å². The Hall–Kier alpha value is -2.69. The summed E-state index contributed by atoms with van der Waals surface area (Å²) in [5, 5.41) is 2.94. The lowest BCUT2D eigenvalue weighted by Crippen LogP contribution is -2.25. The molecule has 0 saturated heterocycles. The van der Waals surface area contributed by atoms with Crippen molar-refractivity contribution in [1.82, 2.24) is 5.32 Å². The van der Waals surface area contributed by atoms with Gasteiger partial charge in [-0.05, 0) is 63.1 Å². The van der Waals surface area contributed by atoms with E-state index in [2.05, 4.69) is 5.32 Å². The Labute approximate surface area is 155 Å². The van der Waals surface area contributed by atoms with Crippen molar-refractivity contribution in [3.63, 3.8) is 0 Å². The molecular formula is C21H27NO4. The number of hydrogen-bond donors (Lipinski definition) is 1. The summed E-state index contributed by atoms with van der Waals surface area (Å²) in [6.07, 6.45) is 0.712. The molecule has 0 aromatic heterocycles. The van der Waals surface area contributed by atoms with E-state index in [0.29, 0.717) is 44.1 Å². The van der Waals surface area contributed by atoms with E-state index in [-0.39, 0.29) is 5.91 Å². The summed E-state index contributed by atoms with van der Waals surface area (Å²) in [7, 11) is 0. The van der Waals surface area contributed by atoms with E-state index < -0.39 is 0 Å². The number of hydrogen-bond acceptors (Lipinski definition) is 4. The smallest absolute Gasteiger partial charge is 0.251 e. The zero-order chi connectivity index (χ0) is 18.8. The highest BCUT2D eigenvalue weighted by molar-refractivity contribution is 5.94. The van der Waals surface area contributed by atoms with Crippen LogP contribution in [-0.4, -0.2) is 32.3 Å². The minimum Gasteiger partial charge on any atom is -0.494 e. The summed E-state index contributed by atoms with van der Waals surface area (Å²) < 4.78 is 16.6. The van der Waals surface area contributed by atoms with Crippen molar-refractivity contribution < 1.29 is 19.0 Å². The van der Waals surface area contributed by atoms with Crippen molar-refractivity contribution in [3.05, 3.63) is 53.6 Å². The molecule has 0 spiro atoms. The Morgan fingerprint density at radius 2 is 1.62 bits per heavy atom. The van der Waals surface area contributed by atoms with Gasteiger partial charge in [-0.25, -0.2) is 0 Å². The molecular weight excluding hydrogens is 330 g/mol. The molecule has 2 aromatic carbocycles. The summed E-state index contributed by atoms with van der Waals surface area (Å²) in [6, 6.07) is 13.1. The average molecular weight is 357 g/mol. The molecule has 26 heavy (non-hydrogen) atoms. The number of rotatable bonds is 10. The molecule has 0 bridgehead atoms. The summed E-state index contributed by atoms with van der Waals surface area (Å²) in [5.74, 6) is 2.08. The van der Waals surface area contributed by atoms with Crippen molar-refractivity contribution in [2.24, 2.45) is 0 Å². The second-order valence-electron chi connectivity index (χ2n) is 5.61. The molecule has 5 nitrogen and oxygen atoms in total. The molecule has 0 aliphatic heterocycles. The maximum absolute atomic E-state index is 12.3. The van der Waals surface area contributed by atoms with Crippen LogP contribution in [0.5, 0.6) is 17.2 Å². The van der Waals surface area contributed by atoms with Crippen LogP contribution in [-0.2, 0) is 6.42 Å². The molecule has 0 unspecified atom stereocenters. The number of carbonyl (C=O) groups is 1. The first-order chi connectivity index (χ1) is 12.7. The standard InChI is InChI=1S/C21H27NO4/c1-4-24-18-9-7-8-17(15-18)21(23)22-13-12-16-10-11-19(25-5-2)20(14-16)26-6-3/h7-11,14-15H,4-6,12-13H2,1-3H3,(H,22,23). The molecule has 2 aromatic rings. The quantitative estimate of drug-likeness (QED) is 0.702. The van der Waals surface area contributed by atoms with E-state index in [1.807, 2.05) is 51.1 Å². The normalized spacial score (nSPS) is 10.3. The fourth-order valence-electron chi connectivity index (χ4n) is 2.57. The summed E-state index contributed by atoms with van der Waals surface area (Å²) in [4.78, 5) is 12.3. The zero-order valence-corrected chi connectivity index (χ0v) is 15.7. The Kier molecular flexibility index (Phi) is 7.80. The largest absolute Gasteiger partial charge is 0.494 e. The van der Waals surface area contributed by atoms with Gasteiger partial charge in [-0.2, -0.15) is 0 Å². The summed E-state index contributed by atoms with van der Waals surface area (Å²) in [5.41, 5.74) is 1.68. The van der Waals surface area contributed by atoms with Crippen LogP contribution in [0.25, 0.3) is 0 Å². The van der Waals surface area contributed by atoms with Crippen molar-refractivity contribution >= 4 is 5.91 Å². The fraction of sp³-hybridized carbons (Fsp3) is 0.381. The first kappa shape index (κ1) is 19.6. The Morgan fingerprint density at radius 1 is 0.885 bits per heavy atom. The number of benzene rings is 2. The highest BCUT2D eigenvalue weighted by atomic mass is 16.5. The Balaban J connectivity index is 1.93. The van der Waals surface area contributed by atoms with Gasteiger partial charge in [-0.1, -0.05) is 12.1 Å². The third-order valence-electron chi connectivity index (χ3n) is 3.71. The minimum atomic E-state index is -0.109. The van der Waals surface area contributed by atoms with Crippen LogP contribution in [0.4, 0.5) is 0 Å². The van der Waals surface area contributed by atoms with E-state index in [0.717, 1.165) is 17.1 Å². The molecule has 2 rings (SSSR count). The van der Waals surface area contributed by atoms with Gasteiger partial charge in [0.25, 0.3) is 5.91 Å². The van der Waals surface area contributed by atoms with Gasteiger partial charge in [0, 0.05) is 12.1 Å². The maximum atomic E-state index is 12.3. The maximum Gasteiger partial charge on any atom is 0.251 e. The second kappa shape index (κ2) is 10.3. The van der Waals surface area contributed by atoms with E-state index in [4.69, 9.17) is 14.2 Å². The van der Waals surface area contributed by atoms with Crippen molar-refractivity contribution in [2.75, 3.05) is 26.4 Å². The molecule has 5 heteroatoms. The SMILES string of the molecule is CCOc1cccc(C(=O)NCCc2ccc(OCC)c(OCC)c2)c1. The molecule has 0 saturated carbocycles. The predicted molar refractivity (Wildman–Crippen MR) is 102 cm³/mol. The Morgan fingerprint density at radius 3 is 2.35 bits per heavy atom. The van der Waals surface area contributed by atoms with E-state index >= 15 is 0 Å². The first-order valence-corrected chi connectivity index (χ1v) is 9.07. The van der Waals surface area contributed by atoms with Crippen LogP contribution >= 0.6 is 0 Å². The van der Waals surface area contributed by atoms with Crippen LogP contribution in [0.15, 0.2) is 42.5 Å². The molecule has 0 aliphatic rings. The van der Waals surface area contributed by atoms with Crippen LogP contribution in [0.3, 0.4) is 0 Å². The van der Waals surface area contributed by atoms with Gasteiger partial charge in [-0.3, -0.25) is 4.79 Å². The third kappa shape index (κ3) is 5.69. The molecule has 0 aliphatic carbocycles. The lowest BCUT2D eigenvalue weighted by Gasteiger charge is -2.13. The van der Waals surface area contributed by atoms with Crippen LogP contribution in [0.2, 0.25) is 0 Å². The summed E-state index contributed by atoms with van der Waals surface area (Å²) >= 11 is 0. The Bertz CT molecular complexity index is 715. The molecule has 0 fully saturated rings. The van der Waals surface area contributed by atoms with Gasteiger partial charge in [0.1, 0.15) is 5.75 Å². The lowest BCUT2D eigenvalue weighted by molar-refractivity contribution is 0.0953. The number of nitrogens with one attached hydrogen (secondary N) is 1. The monoisotopic (exact) mass is 357 g/mol. The molecule has 1 N–H and O–H groups in total. The van der Waals surface area contributed by atoms with Gasteiger partial charge in [0.15, 0.2) is 11.5 Å². The van der Waals surface area contributed by atoms with Crippen LogP contribution in [0, 0.1) is 0 Å². The van der Waals surface area contributed by atoms with E-state index in [1.54, 1.807) is 12.1 Å². The predicted octanol–water partition coefficient (Wildman–Crippen LogP) is 3.86. The van der Waals surface area contributed by atoms with Crippen molar-refractivity contribution in [3.8, 4) is 17.2 Å². The molecule has 1 amide bonds. The molecule has 0 heterocycles. The van der Waals surface area contributed by atoms with Crippen LogP contribution < -0.4 is 19.5 Å². The van der Waals surface area contributed by atoms with Gasteiger partial charge in [0.05, 0.1) is 19.8 Å². The highest BCUT2D eigenvalue weighted by Gasteiger charge is 2.08. The third-order valence-corrected chi connectivity index (χ3v) is 3.71. The second-order valence-corrected chi connectivity index (χ2v) is 5.61. The summed E-state index contributed by atoms with van der Waals surface area (Å²) in [6.45, 7) is 8.09. The minimum absolute atomic E-state index is 0.109. The van der Waals surface area contributed by atoms with Gasteiger partial charge in [-0.15, -0.1) is 0 Å². The van der Waals surface area contributed by atoms with Gasteiger partial charge >= 0.3 is 0 Å². The number of ether oxygens (including phenoxy) is 3. The number of amides is 1. The average Bonchev–Trinajstić information content (AvgIpc) is 2.64. The molecule has 0 atom stereocenters. The molecule has 140 valence electrons. The van der Waals surface area contributed by atoms with Crippen molar-refractivity contribution in [1.29, 1.82) is 0 Å².